The number of ether oxygens (including phenoxy) is 1. The molecular formula is C26H32ClF3N4O3. The van der Waals surface area contributed by atoms with Crippen LogP contribution in [0.4, 0.5) is 13.2 Å². The maximum Gasteiger partial charge on any atom is 0.411 e. The number of rotatable bonds is 11. The summed E-state index contributed by atoms with van der Waals surface area (Å²) in [6, 6.07) is 7.56. The molecule has 4 rings (SSSR count). The molecule has 1 atom stereocenters. The Morgan fingerprint density at radius 2 is 1.92 bits per heavy atom. The summed E-state index contributed by atoms with van der Waals surface area (Å²) in [4.78, 5) is 13.0. The molecule has 202 valence electrons. The standard InChI is InChI=1S/C26H31F3N4O3.ClH/c1-15(2)9-21-13-22(32-36-21)24-30-31-25(33(24)19-7-8-19)23(35-14-26(27,28)29)12-20(34)11-18-6-5-16(3)10-17(18)4;/h5-6,10,13,15,19,23H,7-9,11-12,14H2,1-4H3;1H/t23-;/m0./s1. The van der Waals surface area contributed by atoms with Crippen molar-refractivity contribution in [2.24, 2.45) is 5.92 Å². The van der Waals surface area contributed by atoms with Gasteiger partial charge < -0.3 is 13.8 Å². The summed E-state index contributed by atoms with van der Waals surface area (Å²) in [6.45, 7) is 6.51. The average molecular weight is 541 g/mol. The Balaban J connectivity index is 0.00000380. The maximum atomic E-state index is 13.1. The number of halogens is 4. The molecule has 2 heterocycles. The van der Waals surface area contributed by atoms with Crippen LogP contribution in [0.25, 0.3) is 11.5 Å². The minimum atomic E-state index is -4.54. The van der Waals surface area contributed by atoms with Crippen molar-refractivity contribution in [3.05, 3.63) is 52.5 Å². The SMILES string of the molecule is Cc1ccc(CC(=O)C[C@H](OCC(F)(F)F)c2nnc(-c3cc(CC(C)C)on3)n2C2CC2)c(C)c1.Cl. The van der Waals surface area contributed by atoms with E-state index in [0.717, 1.165) is 29.5 Å². The third kappa shape index (κ3) is 7.64. The molecule has 1 aliphatic carbocycles. The predicted molar refractivity (Wildman–Crippen MR) is 134 cm³/mol. The first-order chi connectivity index (χ1) is 17.0. The number of aryl methyl sites for hydroxylation is 2. The molecule has 1 saturated carbocycles. The van der Waals surface area contributed by atoms with Gasteiger partial charge in [-0.15, -0.1) is 22.6 Å². The van der Waals surface area contributed by atoms with Crippen LogP contribution in [-0.2, 0) is 22.4 Å². The number of carbonyl (C=O) groups is 1. The third-order valence-corrected chi connectivity index (χ3v) is 6.07. The van der Waals surface area contributed by atoms with Gasteiger partial charge in [0.1, 0.15) is 24.3 Å². The van der Waals surface area contributed by atoms with Gasteiger partial charge in [-0.1, -0.05) is 42.8 Å². The quantitative estimate of drug-likeness (QED) is 0.283. The summed E-state index contributed by atoms with van der Waals surface area (Å²) < 4.78 is 51.7. The van der Waals surface area contributed by atoms with Crippen molar-refractivity contribution in [3.8, 4) is 11.5 Å². The van der Waals surface area contributed by atoms with Crippen molar-refractivity contribution in [2.45, 2.75) is 78.1 Å². The molecule has 0 radical (unpaired) electrons. The molecule has 0 bridgehead atoms. The molecule has 1 aromatic carbocycles. The number of carbonyl (C=O) groups excluding carboxylic acids is 1. The second kappa shape index (κ2) is 11.8. The summed E-state index contributed by atoms with van der Waals surface area (Å²) in [5.41, 5.74) is 3.34. The van der Waals surface area contributed by atoms with Crippen molar-refractivity contribution in [1.29, 1.82) is 0 Å². The average Bonchev–Trinajstić information content (AvgIpc) is 3.35. The number of alkyl halides is 3. The van der Waals surface area contributed by atoms with Gasteiger partial charge in [-0.05, 0) is 43.7 Å². The van der Waals surface area contributed by atoms with E-state index in [9.17, 15) is 18.0 Å². The lowest BCUT2D eigenvalue weighted by Crippen LogP contribution is -2.23. The highest BCUT2D eigenvalue weighted by Crippen LogP contribution is 2.41. The molecule has 0 amide bonds. The molecule has 0 spiro atoms. The lowest BCUT2D eigenvalue weighted by molar-refractivity contribution is -0.188. The largest absolute Gasteiger partial charge is 0.411 e. The van der Waals surface area contributed by atoms with E-state index in [2.05, 4.69) is 29.2 Å². The number of Topliss-reactive ketones (excluding diaryl/α,β-unsaturated/α-hetero) is 1. The second-order valence-corrected chi connectivity index (χ2v) is 10.0. The lowest BCUT2D eigenvalue weighted by atomic mass is 9.98. The van der Waals surface area contributed by atoms with Crippen LogP contribution in [0.3, 0.4) is 0 Å². The normalized spacial score (nSPS) is 14.6. The lowest BCUT2D eigenvalue weighted by Gasteiger charge is -2.19. The number of aromatic nitrogens is 4. The van der Waals surface area contributed by atoms with E-state index < -0.39 is 18.9 Å². The zero-order valence-corrected chi connectivity index (χ0v) is 22.2. The zero-order valence-electron chi connectivity index (χ0n) is 21.3. The fourth-order valence-electron chi connectivity index (χ4n) is 4.26. The van der Waals surface area contributed by atoms with Gasteiger partial charge in [-0.3, -0.25) is 4.79 Å². The first-order valence-electron chi connectivity index (χ1n) is 12.2. The summed E-state index contributed by atoms with van der Waals surface area (Å²) in [5, 5.41) is 12.6. The molecule has 2 aromatic heterocycles. The zero-order chi connectivity index (χ0) is 26.0. The van der Waals surface area contributed by atoms with Crippen molar-refractivity contribution in [1.82, 2.24) is 19.9 Å². The topological polar surface area (TPSA) is 83.0 Å². The number of hydrogen-bond donors (Lipinski definition) is 0. The van der Waals surface area contributed by atoms with Gasteiger partial charge in [-0.2, -0.15) is 13.2 Å². The minimum absolute atomic E-state index is 0. The minimum Gasteiger partial charge on any atom is -0.361 e. The molecule has 37 heavy (non-hydrogen) atoms. The van der Waals surface area contributed by atoms with Gasteiger partial charge in [0.2, 0.25) is 0 Å². The van der Waals surface area contributed by atoms with Gasteiger partial charge in [0.05, 0.1) is 0 Å². The summed E-state index contributed by atoms with van der Waals surface area (Å²) in [6.07, 6.45) is -3.51. The van der Waals surface area contributed by atoms with E-state index in [1.165, 1.54) is 0 Å². The molecular weight excluding hydrogens is 509 g/mol. The highest BCUT2D eigenvalue weighted by molar-refractivity contribution is 5.85. The Hall–Kier alpha value is -2.72. The van der Waals surface area contributed by atoms with Crippen molar-refractivity contribution >= 4 is 18.2 Å². The van der Waals surface area contributed by atoms with Gasteiger partial charge in [0, 0.05) is 31.4 Å². The maximum absolute atomic E-state index is 13.1. The Kier molecular flexibility index (Phi) is 9.18. The van der Waals surface area contributed by atoms with Gasteiger partial charge >= 0.3 is 6.18 Å². The van der Waals surface area contributed by atoms with E-state index in [0.29, 0.717) is 29.6 Å². The summed E-state index contributed by atoms with van der Waals surface area (Å²) in [7, 11) is 0. The first kappa shape index (κ1) is 28.8. The van der Waals surface area contributed by atoms with Crippen LogP contribution in [0.15, 0.2) is 28.8 Å². The van der Waals surface area contributed by atoms with Gasteiger partial charge in [-0.25, -0.2) is 0 Å². The van der Waals surface area contributed by atoms with Crippen LogP contribution in [0.1, 0.15) is 73.5 Å². The van der Waals surface area contributed by atoms with Crippen LogP contribution in [0.5, 0.6) is 0 Å². The fourth-order valence-corrected chi connectivity index (χ4v) is 4.26. The van der Waals surface area contributed by atoms with E-state index in [-0.39, 0.29) is 42.9 Å². The molecule has 1 aliphatic rings. The van der Waals surface area contributed by atoms with E-state index in [4.69, 9.17) is 9.26 Å². The second-order valence-electron chi connectivity index (χ2n) is 10.0. The van der Waals surface area contributed by atoms with Gasteiger partial charge in [0.15, 0.2) is 17.3 Å². The molecule has 3 aromatic rings. The highest BCUT2D eigenvalue weighted by atomic mass is 35.5. The number of nitrogens with zero attached hydrogens (tertiary/aromatic N) is 4. The predicted octanol–water partition coefficient (Wildman–Crippen LogP) is 6.33. The van der Waals surface area contributed by atoms with Crippen LogP contribution >= 0.6 is 12.4 Å². The van der Waals surface area contributed by atoms with Crippen molar-refractivity contribution in [2.75, 3.05) is 6.61 Å². The third-order valence-electron chi connectivity index (χ3n) is 6.07. The summed E-state index contributed by atoms with van der Waals surface area (Å²) in [5.74, 6) is 1.45. The van der Waals surface area contributed by atoms with Crippen molar-refractivity contribution < 1.29 is 27.2 Å². The number of ketones is 1. The molecule has 1 fully saturated rings. The molecule has 0 saturated heterocycles. The number of hydrogen-bond acceptors (Lipinski definition) is 6. The Labute approximate surface area is 220 Å². The van der Waals surface area contributed by atoms with Crippen LogP contribution in [-0.4, -0.2) is 38.5 Å². The van der Waals surface area contributed by atoms with Crippen LogP contribution in [0, 0.1) is 19.8 Å². The Bertz CT molecular complexity index is 1220. The Morgan fingerprint density at radius 3 is 2.54 bits per heavy atom. The number of benzene rings is 1. The smallest absolute Gasteiger partial charge is 0.361 e. The molecule has 0 aliphatic heterocycles. The molecule has 11 heteroatoms. The van der Waals surface area contributed by atoms with E-state index in [1.54, 1.807) is 10.6 Å². The highest BCUT2D eigenvalue weighted by Gasteiger charge is 2.37. The van der Waals surface area contributed by atoms with Gasteiger partial charge in [0.25, 0.3) is 0 Å². The van der Waals surface area contributed by atoms with E-state index >= 15 is 0 Å². The van der Waals surface area contributed by atoms with Crippen LogP contribution < -0.4 is 0 Å². The van der Waals surface area contributed by atoms with E-state index in [1.807, 2.05) is 32.0 Å². The molecule has 7 nitrogen and oxygen atoms in total. The molecule has 0 unspecified atom stereocenters. The monoisotopic (exact) mass is 540 g/mol. The Morgan fingerprint density at radius 1 is 1.19 bits per heavy atom. The van der Waals surface area contributed by atoms with Crippen molar-refractivity contribution in [3.63, 3.8) is 0 Å². The van der Waals surface area contributed by atoms with Crippen LogP contribution in [0.2, 0.25) is 0 Å². The summed E-state index contributed by atoms with van der Waals surface area (Å²) >= 11 is 0. The molecule has 0 N–H and O–H groups in total. The first-order valence-corrected chi connectivity index (χ1v) is 12.2. The fraction of sp³-hybridized carbons (Fsp3) is 0.538.